The standard InChI is InChI=1S/C25H39N5O7/c1-19-3-2-4-21(20(19)17-30(18-31)22-5-6-23(32)29-25(22)34)28-24(33)7-9-27-10-12-36-14-16-37-15-13-35-11-8-26/h2-4,18,22,27H,5-17,26H2,1H3,(H,28,33)(H,29,32,34). The van der Waals surface area contributed by atoms with E-state index in [9.17, 15) is 19.2 Å². The van der Waals surface area contributed by atoms with Crippen LogP contribution in [0.2, 0.25) is 0 Å². The number of rotatable bonds is 19. The molecular formula is C25H39N5O7. The summed E-state index contributed by atoms with van der Waals surface area (Å²) < 4.78 is 16.0. The molecule has 206 valence electrons. The number of nitrogens with zero attached hydrogens (tertiary/aromatic N) is 1. The van der Waals surface area contributed by atoms with Gasteiger partial charge in [0.1, 0.15) is 6.04 Å². The lowest BCUT2D eigenvalue weighted by Crippen LogP contribution is -2.51. The Bertz CT molecular complexity index is 883. The number of piperidine rings is 1. The fraction of sp³-hybridized carbons (Fsp3) is 0.600. The van der Waals surface area contributed by atoms with E-state index in [0.717, 1.165) is 11.1 Å². The van der Waals surface area contributed by atoms with Crippen molar-refractivity contribution in [2.45, 2.75) is 38.8 Å². The van der Waals surface area contributed by atoms with Gasteiger partial charge in [-0.2, -0.15) is 0 Å². The summed E-state index contributed by atoms with van der Waals surface area (Å²) in [4.78, 5) is 49.3. The molecule has 1 heterocycles. The molecule has 37 heavy (non-hydrogen) atoms. The van der Waals surface area contributed by atoms with Gasteiger partial charge in [0.25, 0.3) is 0 Å². The summed E-state index contributed by atoms with van der Waals surface area (Å²) in [6.07, 6.45) is 1.30. The van der Waals surface area contributed by atoms with Crippen LogP contribution in [-0.2, 0) is 39.9 Å². The molecule has 1 fully saturated rings. The highest BCUT2D eigenvalue weighted by Crippen LogP contribution is 2.23. The van der Waals surface area contributed by atoms with Gasteiger partial charge in [-0.05, 0) is 30.5 Å². The molecule has 1 aliphatic rings. The first-order chi connectivity index (χ1) is 18.0. The average molecular weight is 522 g/mol. The molecule has 1 aromatic carbocycles. The normalized spacial score (nSPS) is 15.4. The van der Waals surface area contributed by atoms with Gasteiger partial charge in [0, 0.05) is 44.7 Å². The van der Waals surface area contributed by atoms with Gasteiger partial charge >= 0.3 is 0 Å². The number of carbonyl (C=O) groups is 4. The van der Waals surface area contributed by atoms with Gasteiger partial charge in [-0.25, -0.2) is 0 Å². The van der Waals surface area contributed by atoms with Crippen molar-refractivity contribution in [2.24, 2.45) is 5.73 Å². The Morgan fingerprint density at radius 1 is 1.11 bits per heavy atom. The molecule has 12 nitrogen and oxygen atoms in total. The van der Waals surface area contributed by atoms with Crippen LogP contribution in [0.1, 0.15) is 30.4 Å². The highest BCUT2D eigenvalue weighted by Gasteiger charge is 2.31. The van der Waals surface area contributed by atoms with E-state index in [1.165, 1.54) is 4.90 Å². The molecular weight excluding hydrogens is 482 g/mol. The first-order valence-corrected chi connectivity index (χ1v) is 12.5. The van der Waals surface area contributed by atoms with Crippen molar-refractivity contribution in [2.75, 3.05) is 64.6 Å². The third-order valence-electron chi connectivity index (χ3n) is 5.73. The summed E-state index contributed by atoms with van der Waals surface area (Å²) in [6, 6.07) is 4.73. The van der Waals surface area contributed by atoms with E-state index < -0.39 is 11.9 Å². The lowest BCUT2D eigenvalue weighted by molar-refractivity contribution is -0.141. The Labute approximate surface area is 217 Å². The number of benzene rings is 1. The molecule has 0 aromatic heterocycles. The third kappa shape index (κ3) is 11.4. The van der Waals surface area contributed by atoms with Gasteiger partial charge in [0.2, 0.25) is 24.1 Å². The second-order valence-corrected chi connectivity index (χ2v) is 8.52. The zero-order valence-electron chi connectivity index (χ0n) is 21.5. The number of anilines is 1. The first kappa shape index (κ1) is 30.3. The van der Waals surface area contributed by atoms with Crippen molar-refractivity contribution in [1.29, 1.82) is 0 Å². The molecule has 0 bridgehead atoms. The Kier molecular flexibility index (Phi) is 14.4. The van der Waals surface area contributed by atoms with Crippen LogP contribution in [-0.4, -0.2) is 94.3 Å². The second kappa shape index (κ2) is 17.5. The number of hydrogen-bond donors (Lipinski definition) is 4. The SMILES string of the molecule is Cc1cccc(NC(=O)CCNCCOCCOCCOCCN)c1CN(C=O)C1CCC(=O)NC1=O. The molecule has 12 heteroatoms. The summed E-state index contributed by atoms with van der Waals surface area (Å²) >= 11 is 0. The molecule has 0 saturated carbocycles. The van der Waals surface area contributed by atoms with E-state index in [-0.39, 0.29) is 37.6 Å². The summed E-state index contributed by atoms with van der Waals surface area (Å²) in [5.41, 5.74) is 7.52. The van der Waals surface area contributed by atoms with Gasteiger partial charge in [-0.15, -0.1) is 0 Å². The Morgan fingerprint density at radius 3 is 2.49 bits per heavy atom. The van der Waals surface area contributed by atoms with Crippen LogP contribution in [0.4, 0.5) is 5.69 Å². The van der Waals surface area contributed by atoms with E-state index in [4.69, 9.17) is 19.9 Å². The van der Waals surface area contributed by atoms with Crippen LogP contribution in [0.25, 0.3) is 0 Å². The van der Waals surface area contributed by atoms with Crippen molar-refractivity contribution in [3.05, 3.63) is 29.3 Å². The zero-order valence-corrected chi connectivity index (χ0v) is 21.5. The number of hydrogen-bond acceptors (Lipinski definition) is 9. The maximum absolute atomic E-state index is 12.5. The molecule has 1 atom stereocenters. The number of aryl methyl sites for hydroxylation is 1. The van der Waals surface area contributed by atoms with Gasteiger partial charge in [0.15, 0.2) is 0 Å². The van der Waals surface area contributed by atoms with E-state index in [2.05, 4.69) is 16.0 Å². The van der Waals surface area contributed by atoms with Gasteiger partial charge < -0.3 is 35.5 Å². The van der Waals surface area contributed by atoms with Crippen LogP contribution >= 0.6 is 0 Å². The fourth-order valence-electron chi connectivity index (χ4n) is 3.74. The Morgan fingerprint density at radius 2 is 1.81 bits per heavy atom. The topological polar surface area (TPSA) is 161 Å². The van der Waals surface area contributed by atoms with E-state index in [1.54, 1.807) is 6.07 Å². The second-order valence-electron chi connectivity index (χ2n) is 8.52. The van der Waals surface area contributed by atoms with Gasteiger partial charge in [-0.1, -0.05) is 12.1 Å². The van der Waals surface area contributed by atoms with E-state index in [1.807, 2.05) is 19.1 Å². The number of nitrogens with one attached hydrogen (secondary N) is 3. The largest absolute Gasteiger partial charge is 0.378 e. The van der Waals surface area contributed by atoms with Crippen molar-refractivity contribution >= 4 is 29.8 Å². The molecule has 0 radical (unpaired) electrons. The van der Waals surface area contributed by atoms with Crippen molar-refractivity contribution in [3.8, 4) is 0 Å². The molecule has 0 aliphatic carbocycles. The van der Waals surface area contributed by atoms with Crippen LogP contribution in [0.3, 0.4) is 0 Å². The first-order valence-electron chi connectivity index (χ1n) is 12.5. The van der Waals surface area contributed by atoms with Gasteiger partial charge in [0.05, 0.1) is 39.6 Å². The third-order valence-corrected chi connectivity index (χ3v) is 5.73. The highest BCUT2D eigenvalue weighted by atomic mass is 16.5. The molecule has 0 spiro atoms. The molecule has 1 unspecified atom stereocenters. The molecule has 1 aromatic rings. The molecule has 4 amide bonds. The van der Waals surface area contributed by atoms with Crippen molar-refractivity contribution in [3.63, 3.8) is 0 Å². The van der Waals surface area contributed by atoms with E-state index >= 15 is 0 Å². The van der Waals surface area contributed by atoms with Crippen LogP contribution in [0.15, 0.2) is 18.2 Å². The molecule has 1 aliphatic heterocycles. The number of imide groups is 1. The lowest BCUT2D eigenvalue weighted by Gasteiger charge is -2.31. The zero-order chi connectivity index (χ0) is 26.9. The fourth-order valence-corrected chi connectivity index (χ4v) is 3.74. The highest BCUT2D eigenvalue weighted by molar-refractivity contribution is 6.01. The summed E-state index contributed by atoms with van der Waals surface area (Å²) in [5, 5.41) is 8.34. The summed E-state index contributed by atoms with van der Waals surface area (Å²) in [7, 11) is 0. The monoisotopic (exact) mass is 521 g/mol. The molecule has 1 saturated heterocycles. The molecule has 2 rings (SSSR count). The predicted octanol–water partition coefficient (Wildman–Crippen LogP) is -0.315. The maximum atomic E-state index is 12.5. The number of amides is 4. The number of ether oxygens (including phenoxy) is 3. The smallest absolute Gasteiger partial charge is 0.249 e. The van der Waals surface area contributed by atoms with Crippen LogP contribution in [0, 0.1) is 6.92 Å². The molecule has 5 N–H and O–H groups in total. The van der Waals surface area contributed by atoms with Crippen LogP contribution < -0.4 is 21.7 Å². The number of carbonyl (C=O) groups excluding carboxylic acids is 4. The Hall–Kier alpha value is -2.90. The Balaban J connectivity index is 1.69. The van der Waals surface area contributed by atoms with Crippen molar-refractivity contribution < 1.29 is 33.4 Å². The summed E-state index contributed by atoms with van der Waals surface area (Å²) in [6.45, 7) is 6.59. The lowest BCUT2D eigenvalue weighted by atomic mass is 10.0. The van der Waals surface area contributed by atoms with Crippen molar-refractivity contribution in [1.82, 2.24) is 15.5 Å². The summed E-state index contributed by atoms with van der Waals surface area (Å²) in [5.74, 6) is -1.01. The maximum Gasteiger partial charge on any atom is 0.249 e. The quantitative estimate of drug-likeness (QED) is 0.109. The predicted molar refractivity (Wildman–Crippen MR) is 137 cm³/mol. The minimum atomic E-state index is -0.730. The van der Waals surface area contributed by atoms with Crippen LogP contribution in [0.5, 0.6) is 0 Å². The minimum absolute atomic E-state index is 0.137. The van der Waals surface area contributed by atoms with Gasteiger partial charge in [-0.3, -0.25) is 24.5 Å². The number of nitrogens with two attached hydrogens (primary N) is 1. The van der Waals surface area contributed by atoms with E-state index in [0.29, 0.717) is 71.4 Å². The minimum Gasteiger partial charge on any atom is -0.378 e. The average Bonchev–Trinajstić information content (AvgIpc) is 2.87.